The quantitative estimate of drug-likeness (QED) is 0.607. The number of ether oxygens (including phenoxy) is 2. The van der Waals surface area contributed by atoms with Gasteiger partial charge in [0, 0.05) is 26.8 Å². The molecule has 0 bridgehead atoms. The van der Waals surface area contributed by atoms with Gasteiger partial charge in [0.1, 0.15) is 0 Å². The second-order valence-corrected chi connectivity index (χ2v) is 2.48. The maximum Gasteiger partial charge on any atom is 0.0722 e. The monoisotopic (exact) mass is 145 g/mol. The van der Waals surface area contributed by atoms with Gasteiger partial charge in [0.05, 0.1) is 12.7 Å². The third kappa shape index (κ3) is 2.64. The van der Waals surface area contributed by atoms with E-state index in [4.69, 9.17) is 9.47 Å². The summed E-state index contributed by atoms with van der Waals surface area (Å²) in [5.41, 5.74) is 0. The predicted octanol–water partition coefficient (Wildman–Crippen LogP) is 0.0113. The molecule has 1 atom stereocenters. The maximum atomic E-state index is 5.44. The van der Waals surface area contributed by atoms with Gasteiger partial charge in [0.2, 0.25) is 0 Å². The smallest absolute Gasteiger partial charge is 0.0722 e. The zero-order valence-corrected chi connectivity index (χ0v) is 6.43. The summed E-state index contributed by atoms with van der Waals surface area (Å²) in [4.78, 5) is 0. The van der Waals surface area contributed by atoms with Crippen LogP contribution in [0.4, 0.5) is 0 Å². The molecule has 1 aliphatic heterocycles. The van der Waals surface area contributed by atoms with Gasteiger partial charge in [0.25, 0.3) is 0 Å². The van der Waals surface area contributed by atoms with Gasteiger partial charge in [-0.15, -0.1) is 0 Å². The summed E-state index contributed by atoms with van der Waals surface area (Å²) in [5.74, 6) is 0. The molecule has 1 aliphatic rings. The minimum atomic E-state index is 0.369. The van der Waals surface area contributed by atoms with Gasteiger partial charge in [0.15, 0.2) is 0 Å². The summed E-state index contributed by atoms with van der Waals surface area (Å²) in [6, 6.07) is 0. The van der Waals surface area contributed by atoms with Crippen LogP contribution in [-0.4, -0.2) is 39.5 Å². The van der Waals surface area contributed by atoms with Crippen LogP contribution in [0.2, 0.25) is 0 Å². The van der Waals surface area contributed by atoms with E-state index >= 15 is 0 Å². The van der Waals surface area contributed by atoms with Gasteiger partial charge in [-0.05, 0) is 6.42 Å². The lowest BCUT2D eigenvalue weighted by Crippen LogP contribution is -2.38. The van der Waals surface area contributed by atoms with Crippen LogP contribution < -0.4 is 5.32 Å². The van der Waals surface area contributed by atoms with E-state index in [0.717, 1.165) is 32.7 Å². The zero-order valence-electron chi connectivity index (χ0n) is 6.43. The van der Waals surface area contributed by atoms with Crippen molar-refractivity contribution in [1.82, 2.24) is 5.32 Å². The molecular formula is C7H15NO2. The van der Waals surface area contributed by atoms with Crippen molar-refractivity contribution in [2.45, 2.75) is 12.5 Å². The van der Waals surface area contributed by atoms with Gasteiger partial charge in [-0.1, -0.05) is 0 Å². The first-order chi connectivity index (χ1) is 4.93. The molecule has 1 N–H and O–H groups in total. The van der Waals surface area contributed by atoms with Crippen LogP contribution in [0.5, 0.6) is 0 Å². The highest BCUT2D eigenvalue weighted by atomic mass is 16.5. The third-order valence-electron chi connectivity index (χ3n) is 1.65. The van der Waals surface area contributed by atoms with Crippen molar-refractivity contribution in [2.75, 3.05) is 33.4 Å². The molecule has 0 saturated carbocycles. The van der Waals surface area contributed by atoms with Crippen molar-refractivity contribution in [1.29, 1.82) is 0 Å². The number of methoxy groups -OCH3 is 1. The van der Waals surface area contributed by atoms with E-state index in [1.54, 1.807) is 7.11 Å². The van der Waals surface area contributed by atoms with E-state index in [0.29, 0.717) is 6.10 Å². The number of rotatable bonds is 3. The summed E-state index contributed by atoms with van der Waals surface area (Å²) in [7, 11) is 1.72. The summed E-state index contributed by atoms with van der Waals surface area (Å²) in [6.45, 7) is 3.60. The Labute approximate surface area is 61.7 Å². The first-order valence-corrected chi connectivity index (χ1v) is 3.74. The second kappa shape index (κ2) is 4.66. The van der Waals surface area contributed by atoms with Crippen LogP contribution in [0, 0.1) is 0 Å². The molecule has 0 unspecified atom stereocenters. The summed E-state index contributed by atoms with van der Waals surface area (Å²) in [5, 5.41) is 3.26. The topological polar surface area (TPSA) is 30.5 Å². The number of hydrogen-bond donors (Lipinski definition) is 1. The fourth-order valence-electron chi connectivity index (χ4n) is 1.05. The molecule has 0 aromatic heterocycles. The van der Waals surface area contributed by atoms with E-state index in [9.17, 15) is 0 Å². The molecule has 3 heteroatoms. The molecule has 0 radical (unpaired) electrons. The van der Waals surface area contributed by atoms with Crippen molar-refractivity contribution in [3.63, 3.8) is 0 Å². The van der Waals surface area contributed by atoms with E-state index in [-0.39, 0.29) is 0 Å². The molecule has 1 rings (SSSR count). The molecule has 0 aromatic rings. The standard InChI is InChI=1S/C7H15NO2/c1-9-4-2-7-6-8-3-5-10-7/h7-8H,2-6H2,1H3/t7-/m0/s1. The van der Waals surface area contributed by atoms with Crippen molar-refractivity contribution >= 4 is 0 Å². The molecule has 1 fully saturated rings. The third-order valence-corrected chi connectivity index (χ3v) is 1.65. The Hall–Kier alpha value is -0.120. The number of nitrogens with one attached hydrogen (secondary N) is 1. The van der Waals surface area contributed by atoms with Crippen LogP contribution >= 0.6 is 0 Å². The van der Waals surface area contributed by atoms with Crippen LogP contribution in [0.1, 0.15) is 6.42 Å². The largest absolute Gasteiger partial charge is 0.385 e. The minimum absolute atomic E-state index is 0.369. The Kier molecular flexibility index (Phi) is 3.72. The molecule has 0 amide bonds. The molecule has 10 heavy (non-hydrogen) atoms. The van der Waals surface area contributed by atoms with Crippen molar-refractivity contribution in [3.05, 3.63) is 0 Å². The minimum Gasteiger partial charge on any atom is -0.385 e. The van der Waals surface area contributed by atoms with Crippen LogP contribution in [-0.2, 0) is 9.47 Å². The maximum absolute atomic E-state index is 5.44. The molecule has 0 spiro atoms. The SMILES string of the molecule is COCC[C@H]1CNCCO1. The lowest BCUT2D eigenvalue weighted by molar-refractivity contribution is 0.00896. The number of morpholine rings is 1. The van der Waals surface area contributed by atoms with E-state index in [1.807, 2.05) is 0 Å². The van der Waals surface area contributed by atoms with Crippen molar-refractivity contribution in [2.24, 2.45) is 0 Å². The Morgan fingerprint density at radius 1 is 1.70 bits per heavy atom. The first-order valence-electron chi connectivity index (χ1n) is 3.74. The molecular weight excluding hydrogens is 130 g/mol. The normalized spacial score (nSPS) is 26.7. The Bertz CT molecular complexity index is 81.7. The molecule has 3 nitrogen and oxygen atoms in total. The van der Waals surface area contributed by atoms with Crippen molar-refractivity contribution in [3.8, 4) is 0 Å². The Morgan fingerprint density at radius 3 is 3.20 bits per heavy atom. The van der Waals surface area contributed by atoms with E-state index in [1.165, 1.54) is 0 Å². The van der Waals surface area contributed by atoms with Gasteiger partial charge >= 0.3 is 0 Å². The zero-order chi connectivity index (χ0) is 7.23. The Morgan fingerprint density at radius 2 is 2.60 bits per heavy atom. The van der Waals surface area contributed by atoms with E-state index < -0.39 is 0 Å². The molecule has 0 aliphatic carbocycles. The first kappa shape index (κ1) is 7.98. The lowest BCUT2D eigenvalue weighted by Gasteiger charge is -2.22. The van der Waals surface area contributed by atoms with Crippen LogP contribution in [0.25, 0.3) is 0 Å². The highest BCUT2D eigenvalue weighted by Gasteiger charge is 2.11. The number of hydrogen-bond acceptors (Lipinski definition) is 3. The van der Waals surface area contributed by atoms with Gasteiger partial charge < -0.3 is 14.8 Å². The molecule has 0 aromatic carbocycles. The fourth-order valence-corrected chi connectivity index (χ4v) is 1.05. The van der Waals surface area contributed by atoms with Gasteiger partial charge in [-0.3, -0.25) is 0 Å². The summed E-state index contributed by atoms with van der Waals surface area (Å²) >= 11 is 0. The lowest BCUT2D eigenvalue weighted by atomic mass is 10.2. The second-order valence-electron chi connectivity index (χ2n) is 2.48. The van der Waals surface area contributed by atoms with E-state index in [2.05, 4.69) is 5.32 Å². The Balaban J connectivity index is 2.02. The molecule has 60 valence electrons. The van der Waals surface area contributed by atoms with Crippen LogP contribution in [0.3, 0.4) is 0 Å². The van der Waals surface area contributed by atoms with Gasteiger partial charge in [-0.25, -0.2) is 0 Å². The summed E-state index contributed by atoms with van der Waals surface area (Å²) < 4.78 is 10.4. The average Bonchev–Trinajstić information content (AvgIpc) is 2.03. The fraction of sp³-hybridized carbons (Fsp3) is 1.00. The average molecular weight is 145 g/mol. The highest BCUT2D eigenvalue weighted by molar-refractivity contribution is 4.65. The summed E-state index contributed by atoms with van der Waals surface area (Å²) in [6.07, 6.45) is 1.37. The molecule has 1 saturated heterocycles. The van der Waals surface area contributed by atoms with Gasteiger partial charge in [-0.2, -0.15) is 0 Å². The van der Waals surface area contributed by atoms with Crippen molar-refractivity contribution < 1.29 is 9.47 Å². The predicted molar refractivity (Wildman–Crippen MR) is 39.1 cm³/mol. The molecule has 1 heterocycles. The highest BCUT2D eigenvalue weighted by Crippen LogP contribution is 2.00. The van der Waals surface area contributed by atoms with Crippen LogP contribution in [0.15, 0.2) is 0 Å².